The third-order valence-electron chi connectivity index (χ3n) is 4.21. The summed E-state index contributed by atoms with van der Waals surface area (Å²) in [7, 11) is 0. The zero-order valence-electron chi connectivity index (χ0n) is 12.1. The van der Waals surface area contributed by atoms with Crippen LogP contribution in [0.25, 0.3) is 0 Å². The van der Waals surface area contributed by atoms with Crippen molar-refractivity contribution in [3.05, 3.63) is 35.6 Å². The first-order valence-corrected chi connectivity index (χ1v) is 7.44. The molecule has 1 fully saturated rings. The Morgan fingerprint density at radius 3 is 2.81 bits per heavy atom. The second-order valence-corrected chi connectivity index (χ2v) is 5.72. The number of carbonyl (C=O) groups excluding carboxylic acids is 1. The lowest BCUT2D eigenvalue weighted by molar-refractivity contribution is -0.145. The van der Waals surface area contributed by atoms with Crippen LogP contribution in [0.3, 0.4) is 0 Å². The van der Waals surface area contributed by atoms with Crippen LogP contribution in [-0.2, 0) is 9.63 Å². The third kappa shape index (κ3) is 2.91. The van der Waals surface area contributed by atoms with Crippen molar-refractivity contribution in [1.82, 2.24) is 4.90 Å². The van der Waals surface area contributed by atoms with Crippen LogP contribution in [0.15, 0.2) is 29.4 Å². The number of likely N-dealkylation sites (tertiary alicyclic amines) is 1. The van der Waals surface area contributed by atoms with Crippen molar-refractivity contribution in [1.29, 1.82) is 0 Å². The van der Waals surface area contributed by atoms with Crippen LogP contribution < -0.4 is 0 Å². The van der Waals surface area contributed by atoms with Crippen LogP contribution in [0.4, 0.5) is 4.39 Å². The van der Waals surface area contributed by atoms with Gasteiger partial charge in [-0.05, 0) is 43.9 Å². The average Bonchev–Trinajstić information content (AvgIpc) is 2.98. The molecule has 2 atom stereocenters. The van der Waals surface area contributed by atoms with E-state index in [0.29, 0.717) is 12.1 Å². The normalized spacial score (nSPS) is 25.4. The van der Waals surface area contributed by atoms with Gasteiger partial charge in [-0.2, -0.15) is 0 Å². The van der Waals surface area contributed by atoms with E-state index in [1.54, 1.807) is 12.1 Å². The lowest BCUT2D eigenvalue weighted by Crippen LogP contribution is -2.47. The van der Waals surface area contributed by atoms with Gasteiger partial charge in [-0.3, -0.25) is 4.79 Å². The summed E-state index contributed by atoms with van der Waals surface area (Å²) in [6, 6.07) is 6.37. The molecule has 1 amide bonds. The maximum atomic E-state index is 12.9. The number of amides is 1. The highest BCUT2D eigenvalue weighted by molar-refractivity contribution is 6.04. The Bertz CT molecular complexity index is 556. The number of benzene rings is 1. The van der Waals surface area contributed by atoms with Crippen molar-refractivity contribution in [2.75, 3.05) is 6.54 Å². The van der Waals surface area contributed by atoms with E-state index in [4.69, 9.17) is 4.84 Å². The summed E-state index contributed by atoms with van der Waals surface area (Å²) in [5.41, 5.74) is 1.51. The number of rotatable bonds is 2. The molecule has 3 rings (SSSR count). The second-order valence-electron chi connectivity index (χ2n) is 5.72. The summed E-state index contributed by atoms with van der Waals surface area (Å²) in [4.78, 5) is 19.7. The fourth-order valence-corrected chi connectivity index (χ4v) is 2.93. The van der Waals surface area contributed by atoms with Crippen molar-refractivity contribution >= 4 is 11.6 Å². The van der Waals surface area contributed by atoms with Crippen molar-refractivity contribution in [3.8, 4) is 0 Å². The average molecular weight is 290 g/mol. The van der Waals surface area contributed by atoms with Crippen molar-refractivity contribution in [3.63, 3.8) is 0 Å². The molecule has 2 heterocycles. The Morgan fingerprint density at radius 1 is 1.33 bits per heavy atom. The van der Waals surface area contributed by atoms with E-state index in [-0.39, 0.29) is 17.8 Å². The van der Waals surface area contributed by atoms with Gasteiger partial charge in [0.05, 0.1) is 5.71 Å². The monoisotopic (exact) mass is 290 g/mol. The predicted molar refractivity (Wildman–Crippen MR) is 77.5 cm³/mol. The van der Waals surface area contributed by atoms with Crippen LogP contribution in [-0.4, -0.2) is 35.2 Å². The van der Waals surface area contributed by atoms with Gasteiger partial charge in [-0.1, -0.05) is 17.3 Å². The van der Waals surface area contributed by atoms with Gasteiger partial charge in [0.1, 0.15) is 5.82 Å². The van der Waals surface area contributed by atoms with Gasteiger partial charge >= 0.3 is 0 Å². The lowest BCUT2D eigenvalue weighted by atomic mass is 10.0. The molecule has 0 N–H and O–H groups in total. The number of oxime groups is 1. The van der Waals surface area contributed by atoms with Crippen LogP contribution in [0, 0.1) is 5.82 Å². The van der Waals surface area contributed by atoms with E-state index >= 15 is 0 Å². The fourth-order valence-electron chi connectivity index (χ4n) is 2.93. The van der Waals surface area contributed by atoms with Crippen molar-refractivity contribution < 1.29 is 14.0 Å². The number of carbonyl (C=O) groups is 1. The first-order chi connectivity index (χ1) is 10.1. The summed E-state index contributed by atoms with van der Waals surface area (Å²) in [6.45, 7) is 2.87. The molecule has 112 valence electrons. The van der Waals surface area contributed by atoms with Gasteiger partial charge in [0.2, 0.25) is 6.10 Å². The lowest BCUT2D eigenvalue weighted by Gasteiger charge is -2.34. The quantitative estimate of drug-likeness (QED) is 0.840. The Balaban J connectivity index is 1.65. The standard InChI is InChI=1S/C16H19FN2O2/c1-11-4-2-3-9-19(11)16(20)15-10-14(18-21-15)12-5-7-13(17)8-6-12/h5-8,11,15H,2-4,9-10H2,1H3/t11-,15+/m1/s1. The zero-order valence-corrected chi connectivity index (χ0v) is 12.1. The molecule has 21 heavy (non-hydrogen) atoms. The molecule has 0 spiro atoms. The topological polar surface area (TPSA) is 41.9 Å². The molecular formula is C16H19FN2O2. The van der Waals surface area contributed by atoms with Crippen LogP contribution in [0.2, 0.25) is 0 Å². The molecule has 0 saturated carbocycles. The molecule has 4 nitrogen and oxygen atoms in total. The summed E-state index contributed by atoms with van der Waals surface area (Å²) in [5.74, 6) is -0.268. The highest BCUT2D eigenvalue weighted by atomic mass is 19.1. The van der Waals surface area contributed by atoms with Gasteiger partial charge in [0, 0.05) is 19.0 Å². The van der Waals surface area contributed by atoms with E-state index in [9.17, 15) is 9.18 Å². The van der Waals surface area contributed by atoms with E-state index < -0.39 is 6.10 Å². The maximum Gasteiger partial charge on any atom is 0.267 e. The molecule has 5 heteroatoms. The Kier molecular flexibility index (Phi) is 3.90. The van der Waals surface area contributed by atoms with Gasteiger partial charge in [0.15, 0.2) is 0 Å². The number of halogens is 1. The number of hydrogen-bond donors (Lipinski definition) is 0. The summed E-state index contributed by atoms with van der Waals surface area (Å²) >= 11 is 0. The molecule has 2 aliphatic rings. The zero-order chi connectivity index (χ0) is 14.8. The largest absolute Gasteiger partial charge is 0.382 e. The van der Waals surface area contributed by atoms with Crippen molar-refractivity contribution in [2.24, 2.45) is 5.16 Å². The number of hydrogen-bond acceptors (Lipinski definition) is 3. The van der Waals surface area contributed by atoms with Gasteiger partial charge < -0.3 is 9.74 Å². The van der Waals surface area contributed by atoms with Gasteiger partial charge in [-0.25, -0.2) is 4.39 Å². The summed E-state index contributed by atoms with van der Waals surface area (Å²) < 4.78 is 12.9. The first kappa shape index (κ1) is 14.0. The molecule has 0 aliphatic carbocycles. The minimum atomic E-state index is -0.536. The van der Waals surface area contributed by atoms with Gasteiger partial charge in [-0.15, -0.1) is 0 Å². The highest BCUT2D eigenvalue weighted by Gasteiger charge is 2.35. The van der Waals surface area contributed by atoms with Crippen LogP contribution >= 0.6 is 0 Å². The SMILES string of the molecule is C[C@@H]1CCCCN1C(=O)[C@@H]1CC(c2ccc(F)cc2)=NO1. The number of piperidine rings is 1. The molecule has 0 bridgehead atoms. The molecular weight excluding hydrogens is 271 g/mol. The molecule has 1 aromatic carbocycles. The minimum absolute atomic E-state index is 0.0167. The Morgan fingerprint density at radius 2 is 2.10 bits per heavy atom. The molecule has 0 unspecified atom stereocenters. The van der Waals surface area contributed by atoms with E-state index in [0.717, 1.165) is 24.9 Å². The summed E-state index contributed by atoms with van der Waals surface area (Å²) in [5, 5.41) is 4.00. The first-order valence-electron chi connectivity index (χ1n) is 7.44. The molecule has 0 aromatic heterocycles. The smallest absolute Gasteiger partial charge is 0.267 e. The molecule has 1 saturated heterocycles. The fraction of sp³-hybridized carbons (Fsp3) is 0.500. The number of nitrogens with zero attached hydrogens (tertiary/aromatic N) is 2. The Labute approximate surface area is 123 Å². The van der Waals surface area contributed by atoms with Crippen LogP contribution in [0.1, 0.15) is 38.2 Å². The summed E-state index contributed by atoms with van der Waals surface area (Å²) in [6.07, 6.45) is 3.19. The van der Waals surface area contributed by atoms with Crippen molar-refractivity contribution in [2.45, 2.75) is 44.8 Å². The van der Waals surface area contributed by atoms with Crippen LogP contribution in [0.5, 0.6) is 0 Å². The maximum absolute atomic E-state index is 12.9. The predicted octanol–water partition coefficient (Wildman–Crippen LogP) is 2.72. The Hall–Kier alpha value is -1.91. The van der Waals surface area contributed by atoms with E-state index in [1.165, 1.54) is 18.6 Å². The third-order valence-corrected chi connectivity index (χ3v) is 4.21. The minimum Gasteiger partial charge on any atom is -0.382 e. The van der Waals surface area contributed by atoms with E-state index in [1.807, 2.05) is 4.90 Å². The molecule has 1 aromatic rings. The highest BCUT2D eigenvalue weighted by Crippen LogP contribution is 2.23. The molecule has 0 radical (unpaired) electrons. The molecule has 2 aliphatic heterocycles. The van der Waals surface area contributed by atoms with Gasteiger partial charge in [0.25, 0.3) is 5.91 Å². The van der Waals surface area contributed by atoms with E-state index in [2.05, 4.69) is 12.1 Å². The second kappa shape index (κ2) is 5.84.